The highest BCUT2D eigenvalue weighted by molar-refractivity contribution is 6.05. The third-order valence-electron chi connectivity index (χ3n) is 6.70. The van der Waals surface area contributed by atoms with Crippen LogP contribution in [0, 0.1) is 6.92 Å². The molecule has 1 aliphatic rings. The number of aryl methyl sites for hydroxylation is 1. The molecule has 7 heteroatoms. The molecule has 1 saturated heterocycles. The highest BCUT2D eigenvalue weighted by Crippen LogP contribution is 2.20. The summed E-state index contributed by atoms with van der Waals surface area (Å²) in [5.41, 5.74) is 9.87. The Balaban J connectivity index is 1.39. The number of carbonyl (C=O) groups excluding carboxylic acids is 1. The summed E-state index contributed by atoms with van der Waals surface area (Å²) in [4.78, 5) is 27.2. The summed E-state index contributed by atoms with van der Waals surface area (Å²) < 4.78 is 7.00. The van der Waals surface area contributed by atoms with E-state index in [2.05, 4.69) is 41.4 Å². The van der Waals surface area contributed by atoms with Gasteiger partial charge in [0.25, 0.3) is 5.56 Å². The Morgan fingerprint density at radius 2 is 1.76 bits per heavy atom. The van der Waals surface area contributed by atoms with E-state index in [-0.39, 0.29) is 11.1 Å². The Morgan fingerprint density at radius 3 is 2.44 bits per heavy atom. The van der Waals surface area contributed by atoms with Crippen LogP contribution in [-0.2, 0) is 24.4 Å². The molecule has 0 radical (unpaired) electrons. The number of benzene rings is 2. The van der Waals surface area contributed by atoms with Gasteiger partial charge >= 0.3 is 0 Å². The van der Waals surface area contributed by atoms with Crippen LogP contribution in [0.5, 0.6) is 0 Å². The van der Waals surface area contributed by atoms with Gasteiger partial charge in [0.2, 0.25) is 5.91 Å². The van der Waals surface area contributed by atoms with Crippen LogP contribution in [0.3, 0.4) is 0 Å². The monoisotopic (exact) mass is 462 g/mol. The normalized spacial score (nSPS) is 15.1. The van der Waals surface area contributed by atoms with Crippen molar-refractivity contribution in [3.05, 3.63) is 81.1 Å². The highest BCUT2D eigenvalue weighted by Gasteiger charge is 2.19. The highest BCUT2D eigenvalue weighted by atomic mass is 16.5. The van der Waals surface area contributed by atoms with Crippen molar-refractivity contribution in [3.63, 3.8) is 0 Å². The molecule has 180 valence electrons. The lowest BCUT2D eigenvalue weighted by molar-refractivity contribution is 0.100. The molecule has 0 atom stereocenters. The van der Waals surface area contributed by atoms with Gasteiger partial charge in [0.05, 0.1) is 17.7 Å². The molecular weight excluding hydrogens is 428 g/mol. The first-order valence-corrected chi connectivity index (χ1v) is 11.9. The maximum Gasteiger partial charge on any atom is 0.251 e. The molecule has 4 rings (SSSR count). The number of ether oxygens (including phenoxy) is 1. The lowest BCUT2D eigenvalue weighted by Crippen LogP contribution is -2.43. The molecule has 0 spiro atoms. The molecule has 1 aliphatic heterocycles. The van der Waals surface area contributed by atoms with Gasteiger partial charge in [-0.3, -0.25) is 9.59 Å². The van der Waals surface area contributed by atoms with Crippen LogP contribution in [0.15, 0.2) is 53.3 Å². The lowest BCUT2D eigenvalue weighted by atomic mass is 10.0. The van der Waals surface area contributed by atoms with Crippen LogP contribution in [0.25, 0.3) is 10.9 Å². The predicted octanol–water partition coefficient (Wildman–Crippen LogP) is 2.81. The first-order chi connectivity index (χ1) is 16.4. The number of fused-ring (bicyclic) bond motifs is 1. The second kappa shape index (κ2) is 11.0. The van der Waals surface area contributed by atoms with Gasteiger partial charge < -0.3 is 25.3 Å². The Labute approximate surface area is 200 Å². The molecule has 3 aromatic rings. The SMILES string of the molecule is COCc1ccc2c(C(N)=O)cc(=O)n(CCN3CCC(NCc4ccc(C)cc4)CC3)c2c1. The van der Waals surface area contributed by atoms with E-state index >= 15 is 0 Å². The summed E-state index contributed by atoms with van der Waals surface area (Å²) >= 11 is 0. The van der Waals surface area contributed by atoms with Crippen LogP contribution in [0.4, 0.5) is 0 Å². The van der Waals surface area contributed by atoms with Crippen LogP contribution in [0.1, 0.15) is 39.9 Å². The fourth-order valence-corrected chi connectivity index (χ4v) is 4.69. The average molecular weight is 463 g/mol. The number of pyridine rings is 1. The van der Waals surface area contributed by atoms with E-state index in [1.807, 2.05) is 18.2 Å². The minimum atomic E-state index is -0.589. The van der Waals surface area contributed by atoms with Gasteiger partial charge in [0.1, 0.15) is 0 Å². The van der Waals surface area contributed by atoms with Gasteiger partial charge in [-0.05, 0) is 50.0 Å². The third kappa shape index (κ3) is 5.73. The topological polar surface area (TPSA) is 89.6 Å². The summed E-state index contributed by atoms with van der Waals surface area (Å²) in [6, 6.07) is 16.2. The zero-order chi connectivity index (χ0) is 24.1. The van der Waals surface area contributed by atoms with E-state index in [1.54, 1.807) is 11.7 Å². The molecular formula is C27H34N4O3. The van der Waals surface area contributed by atoms with Crippen molar-refractivity contribution in [3.8, 4) is 0 Å². The number of primary amides is 1. The van der Waals surface area contributed by atoms with Crippen LogP contribution < -0.4 is 16.6 Å². The number of likely N-dealkylation sites (tertiary alicyclic amines) is 1. The van der Waals surface area contributed by atoms with Gasteiger partial charge in [0, 0.05) is 44.2 Å². The fraction of sp³-hybridized carbons (Fsp3) is 0.407. The number of nitrogens with two attached hydrogens (primary N) is 1. The average Bonchev–Trinajstić information content (AvgIpc) is 2.83. The number of nitrogens with zero attached hydrogens (tertiary/aromatic N) is 2. The second-order valence-electron chi connectivity index (χ2n) is 9.18. The summed E-state index contributed by atoms with van der Waals surface area (Å²) in [6.07, 6.45) is 2.17. The predicted molar refractivity (Wildman–Crippen MR) is 135 cm³/mol. The number of amides is 1. The molecule has 1 amide bonds. The Bertz CT molecular complexity index is 1190. The van der Waals surface area contributed by atoms with E-state index < -0.39 is 5.91 Å². The minimum Gasteiger partial charge on any atom is -0.380 e. The van der Waals surface area contributed by atoms with Crippen LogP contribution in [0.2, 0.25) is 0 Å². The molecule has 0 saturated carbocycles. The molecule has 3 N–H and O–H groups in total. The summed E-state index contributed by atoms with van der Waals surface area (Å²) in [5, 5.41) is 4.38. The number of hydrogen-bond donors (Lipinski definition) is 2. The van der Waals surface area contributed by atoms with Gasteiger partial charge in [-0.25, -0.2) is 0 Å². The summed E-state index contributed by atoms with van der Waals surface area (Å²) in [5.74, 6) is -0.589. The number of hydrogen-bond acceptors (Lipinski definition) is 5. The largest absolute Gasteiger partial charge is 0.380 e. The Morgan fingerprint density at radius 1 is 1.06 bits per heavy atom. The van der Waals surface area contributed by atoms with Gasteiger partial charge in [-0.1, -0.05) is 42.0 Å². The number of nitrogens with one attached hydrogen (secondary N) is 1. The van der Waals surface area contributed by atoms with Crippen molar-refractivity contribution in [2.75, 3.05) is 26.7 Å². The van der Waals surface area contributed by atoms with Crippen molar-refractivity contribution in [2.45, 2.75) is 45.5 Å². The first-order valence-electron chi connectivity index (χ1n) is 11.9. The second-order valence-corrected chi connectivity index (χ2v) is 9.18. The van der Waals surface area contributed by atoms with Gasteiger partial charge in [-0.2, -0.15) is 0 Å². The molecule has 0 unspecified atom stereocenters. The summed E-state index contributed by atoms with van der Waals surface area (Å²) in [6.45, 7) is 6.76. The molecule has 7 nitrogen and oxygen atoms in total. The van der Waals surface area contributed by atoms with E-state index in [4.69, 9.17) is 10.5 Å². The number of rotatable bonds is 9. The Kier molecular flexibility index (Phi) is 7.77. The minimum absolute atomic E-state index is 0.203. The standard InChI is InChI=1S/C27H34N4O3/c1-19-3-5-20(6-4-19)17-29-22-9-11-30(12-10-22)13-14-31-25-15-21(18-34-2)7-8-23(25)24(27(28)33)16-26(31)32/h3-8,15-16,22,29H,9-14,17-18H2,1-2H3,(H2,28,33). The first kappa shape index (κ1) is 24.1. The van der Waals surface area contributed by atoms with Crippen molar-refractivity contribution < 1.29 is 9.53 Å². The smallest absolute Gasteiger partial charge is 0.251 e. The summed E-state index contributed by atoms with van der Waals surface area (Å²) in [7, 11) is 1.64. The van der Waals surface area contributed by atoms with Crippen LogP contribution in [-0.4, -0.2) is 48.2 Å². The van der Waals surface area contributed by atoms with Crippen molar-refractivity contribution in [1.82, 2.24) is 14.8 Å². The van der Waals surface area contributed by atoms with E-state index in [0.29, 0.717) is 24.6 Å². The molecule has 1 fully saturated rings. The van der Waals surface area contributed by atoms with E-state index in [0.717, 1.165) is 50.1 Å². The third-order valence-corrected chi connectivity index (χ3v) is 6.70. The molecule has 0 bridgehead atoms. The van der Waals surface area contributed by atoms with Gasteiger partial charge in [-0.15, -0.1) is 0 Å². The van der Waals surface area contributed by atoms with Crippen molar-refractivity contribution >= 4 is 16.8 Å². The fourth-order valence-electron chi connectivity index (χ4n) is 4.69. The maximum absolute atomic E-state index is 12.9. The molecule has 2 heterocycles. The van der Waals surface area contributed by atoms with E-state index in [1.165, 1.54) is 17.2 Å². The van der Waals surface area contributed by atoms with Gasteiger partial charge in [0.15, 0.2) is 0 Å². The number of carbonyl (C=O) groups is 1. The lowest BCUT2D eigenvalue weighted by Gasteiger charge is -2.32. The van der Waals surface area contributed by atoms with Crippen molar-refractivity contribution in [1.29, 1.82) is 0 Å². The maximum atomic E-state index is 12.9. The number of aromatic nitrogens is 1. The van der Waals surface area contributed by atoms with Crippen molar-refractivity contribution in [2.24, 2.45) is 5.73 Å². The number of piperidine rings is 1. The molecule has 0 aliphatic carbocycles. The molecule has 34 heavy (non-hydrogen) atoms. The quantitative estimate of drug-likeness (QED) is 0.510. The molecule has 2 aromatic carbocycles. The molecule has 1 aromatic heterocycles. The zero-order valence-corrected chi connectivity index (χ0v) is 20.0. The number of methoxy groups -OCH3 is 1. The Hall–Kier alpha value is -3.00. The zero-order valence-electron chi connectivity index (χ0n) is 20.0. The van der Waals surface area contributed by atoms with Crippen LogP contribution >= 0.6 is 0 Å². The van der Waals surface area contributed by atoms with E-state index in [9.17, 15) is 9.59 Å².